The van der Waals surface area contributed by atoms with Crippen LogP contribution in [-0.4, -0.2) is 28.9 Å². The smallest absolute Gasteiger partial charge is 0.305 e. The Labute approximate surface area is 101 Å². The van der Waals surface area contributed by atoms with E-state index in [1.54, 1.807) is 19.2 Å². The summed E-state index contributed by atoms with van der Waals surface area (Å²) >= 11 is 3.30. The first kappa shape index (κ1) is 11.1. The summed E-state index contributed by atoms with van der Waals surface area (Å²) in [7, 11) is 1.63. The molecule has 1 atom stereocenters. The minimum absolute atomic E-state index is 0.0587. The fourth-order valence-electron chi connectivity index (χ4n) is 1.96. The van der Waals surface area contributed by atoms with E-state index in [1.807, 2.05) is 6.07 Å². The Bertz CT molecular complexity index is 472. The van der Waals surface area contributed by atoms with E-state index < -0.39 is 5.97 Å². The maximum Gasteiger partial charge on any atom is 0.305 e. The van der Waals surface area contributed by atoms with Gasteiger partial charge in [-0.15, -0.1) is 0 Å². The molecule has 4 nitrogen and oxygen atoms in total. The molecule has 0 saturated heterocycles. The Hall–Kier alpha value is -1.36. The highest BCUT2D eigenvalue weighted by Gasteiger charge is 2.35. The largest absolute Gasteiger partial charge is 0.481 e. The third-order valence-corrected chi connectivity index (χ3v) is 3.25. The predicted molar refractivity (Wildman–Crippen MR) is 61.2 cm³/mol. The first-order valence-electron chi connectivity index (χ1n) is 4.79. The summed E-state index contributed by atoms with van der Waals surface area (Å²) in [6.07, 6.45) is -0.0587. The normalized spacial score (nSPS) is 18.8. The number of carbonyl (C=O) groups is 2. The number of rotatable bonds is 2. The van der Waals surface area contributed by atoms with Crippen LogP contribution in [0.1, 0.15) is 28.4 Å². The third-order valence-electron chi connectivity index (χ3n) is 2.76. The molecule has 0 bridgehead atoms. The lowest BCUT2D eigenvalue weighted by Crippen LogP contribution is -2.24. The van der Waals surface area contributed by atoms with Gasteiger partial charge in [0.2, 0.25) is 0 Å². The number of carbonyl (C=O) groups excluding carboxylic acids is 1. The van der Waals surface area contributed by atoms with E-state index >= 15 is 0 Å². The van der Waals surface area contributed by atoms with Gasteiger partial charge in [-0.05, 0) is 17.7 Å². The molecule has 0 aliphatic carbocycles. The first-order valence-corrected chi connectivity index (χ1v) is 5.58. The molecule has 2 rings (SSSR count). The average Bonchev–Trinajstić information content (AvgIpc) is 2.43. The lowest BCUT2D eigenvalue weighted by atomic mass is 10.0. The fourth-order valence-corrected chi connectivity index (χ4v) is 2.32. The molecule has 5 heteroatoms. The number of benzene rings is 1. The van der Waals surface area contributed by atoms with Gasteiger partial charge in [0, 0.05) is 17.1 Å². The van der Waals surface area contributed by atoms with Crippen molar-refractivity contribution in [2.75, 3.05) is 7.05 Å². The molecule has 1 N–H and O–H groups in total. The zero-order valence-electron chi connectivity index (χ0n) is 8.61. The van der Waals surface area contributed by atoms with Crippen molar-refractivity contribution in [2.24, 2.45) is 0 Å². The molecule has 0 saturated carbocycles. The summed E-state index contributed by atoms with van der Waals surface area (Å²) in [6, 6.07) is 5.00. The van der Waals surface area contributed by atoms with Crippen molar-refractivity contribution in [2.45, 2.75) is 12.5 Å². The lowest BCUT2D eigenvalue weighted by molar-refractivity contribution is -0.138. The van der Waals surface area contributed by atoms with Crippen molar-refractivity contribution in [1.29, 1.82) is 0 Å². The van der Waals surface area contributed by atoms with E-state index in [2.05, 4.69) is 15.9 Å². The summed E-state index contributed by atoms with van der Waals surface area (Å²) in [6.45, 7) is 0. The van der Waals surface area contributed by atoms with Gasteiger partial charge < -0.3 is 10.0 Å². The summed E-state index contributed by atoms with van der Waals surface area (Å²) in [5.74, 6) is -1.03. The van der Waals surface area contributed by atoms with Crippen molar-refractivity contribution in [3.63, 3.8) is 0 Å². The molecular formula is C11H10BrNO3. The van der Waals surface area contributed by atoms with E-state index in [0.717, 1.165) is 10.0 Å². The van der Waals surface area contributed by atoms with Gasteiger partial charge in [-0.25, -0.2) is 0 Å². The second-order valence-corrected chi connectivity index (χ2v) is 4.68. The van der Waals surface area contributed by atoms with Crippen molar-refractivity contribution in [3.05, 3.63) is 33.8 Å². The van der Waals surface area contributed by atoms with E-state index in [1.165, 1.54) is 4.90 Å². The minimum atomic E-state index is -0.902. The Morgan fingerprint density at radius 3 is 2.88 bits per heavy atom. The maximum absolute atomic E-state index is 11.9. The van der Waals surface area contributed by atoms with Crippen LogP contribution in [0, 0.1) is 0 Å². The molecule has 1 aromatic rings. The third kappa shape index (κ3) is 1.71. The molecule has 0 spiro atoms. The van der Waals surface area contributed by atoms with Crippen LogP contribution in [0.5, 0.6) is 0 Å². The van der Waals surface area contributed by atoms with Gasteiger partial charge in [0.05, 0.1) is 12.5 Å². The minimum Gasteiger partial charge on any atom is -0.481 e. The van der Waals surface area contributed by atoms with Crippen LogP contribution in [0.2, 0.25) is 0 Å². The molecular weight excluding hydrogens is 274 g/mol. The number of fused-ring (bicyclic) bond motifs is 1. The number of carboxylic acids is 1. The van der Waals surface area contributed by atoms with E-state index in [9.17, 15) is 9.59 Å². The first-order chi connectivity index (χ1) is 7.50. The Kier molecular flexibility index (Phi) is 2.71. The van der Waals surface area contributed by atoms with Crippen LogP contribution < -0.4 is 0 Å². The van der Waals surface area contributed by atoms with Crippen LogP contribution >= 0.6 is 15.9 Å². The quantitative estimate of drug-likeness (QED) is 0.904. The second-order valence-electron chi connectivity index (χ2n) is 3.76. The topological polar surface area (TPSA) is 57.6 Å². The van der Waals surface area contributed by atoms with E-state index in [0.29, 0.717) is 5.56 Å². The molecule has 16 heavy (non-hydrogen) atoms. The van der Waals surface area contributed by atoms with Crippen molar-refractivity contribution < 1.29 is 14.7 Å². The van der Waals surface area contributed by atoms with E-state index in [-0.39, 0.29) is 18.4 Å². The summed E-state index contributed by atoms with van der Waals surface area (Å²) in [4.78, 5) is 24.1. The molecule has 1 amide bonds. The Morgan fingerprint density at radius 1 is 1.56 bits per heavy atom. The van der Waals surface area contributed by atoms with Crippen molar-refractivity contribution >= 4 is 27.8 Å². The zero-order valence-corrected chi connectivity index (χ0v) is 10.2. The zero-order chi connectivity index (χ0) is 11.9. The highest BCUT2D eigenvalue weighted by atomic mass is 79.9. The molecule has 1 aromatic carbocycles. The standard InChI is InChI=1S/C11H10BrNO3/c1-13-9(5-10(14)15)7-3-2-6(12)4-8(7)11(13)16/h2-4,9H,5H2,1H3,(H,14,15)/t9-/m1/s1. The SMILES string of the molecule is CN1C(=O)c2cc(Br)ccc2[C@H]1CC(=O)O. The van der Waals surface area contributed by atoms with Gasteiger partial charge in [0.25, 0.3) is 5.91 Å². The number of hydrogen-bond donors (Lipinski definition) is 1. The summed E-state index contributed by atoms with van der Waals surface area (Å²) < 4.78 is 0.823. The Morgan fingerprint density at radius 2 is 2.25 bits per heavy atom. The highest BCUT2D eigenvalue weighted by molar-refractivity contribution is 9.10. The molecule has 1 heterocycles. The van der Waals surface area contributed by atoms with Gasteiger partial charge in [-0.1, -0.05) is 22.0 Å². The van der Waals surface area contributed by atoms with Crippen LogP contribution in [-0.2, 0) is 4.79 Å². The molecule has 1 aliphatic heterocycles. The number of hydrogen-bond acceptors (Lipinski definition) is 2. The van der Waals surface area contributed by atoms with Gasteiger partial charge in [0.1, 0.15) is 0 Å². The fraction of sp³-hybridized carbons (Fsp3) is 0.273. The van der Waals surface area contributed by atoms with Crippen molar-refractivity contribution in [1.82, 2.24) is 4.90 Å². The lowest BCUT2D eigenvalue weighted by Gasteiger charge is -2.18. The summed E-state index contributed by atoms with van der Waals surface area (Å²) in [5.41, 5.74) is 1.38. The molecule has 0 fully saturated rings. The van der Waals surface area contributed by atoms with Crippen LogP contribution in [0.3, 0.4) is 0 Å². The molecule has 0 aromatic heterocycles. The number of amides is 1. The van der Waals surface area contributed by atoms with Gasteiger partial charge in [-0.2, -0.15) is 0 Å². The Balaban J connectivity index is 2.45. The number of aliphatic carboxylic acids is 1. The van der Waals surface area contributed by atoms with Gasteiger partial charge in [-0.3, -0.25) is 9.59 Å². The molecule has 0 radical (unpaired) electrons. The van der Waals surface area contributed by atoms with Gasteiger partial charge >= 0.3 is 5.97 Å². The number of carboxylic acid groups (broad SMARTS) is 1. The van der Waals surface area contributed by atoms with E-state index in [4.69, 9.17) is 5.11 Å². The van der Waals surface area contributed by atoms with Gasteiger partial charge in [0.15, 0.2) is 0 Å². The molecule has 84 valence electrons. The molecule has 0 unspecified atom stereocenters. The monoisotopic (exact) mass is 283 g/mol. The molecule has 1 aliphatic rings. The van der Waals surface area contributed by atoms with Crippen LogP contribution in [0.25, 0.3) is 0 Å². The summed E-state index contributed by atoms with van der Waals surface area (Å²) in [5, 5.41) is 8.81. The predicted octanol–water partition coefficient (Wildman–Crippen LogP) is 2.05. The van der Waals surface area contributed by atoms with Crippen molar-refractivity contribution in [3.8, 4) is 0 Å². The number of nitrogens with zero attached hydrogens (tertiary/aromatic N) is 1. The maximum atomic E-state index is 11.9. The number of halogens is 1. The van der Waals surface area contributed by atoms with Crippen LogP contribution in [0.4, 0.5) is 0 Å². The van der Waals surface area contributed by atoms with Crippen LogP contribution in [0.15, 0.2) is 22.7 Å². The highest BCUT2D eigenvalue weighted by Crippen LogP contribution is 2.35. The average molecular weight is 284 g/mol. The second kappa shape index (κ2) is 3.90.